The van der Waals surface area contributed by atoms with E-state index in [0.717, 1.165) is 17.0 Å². The van der Waals surface area contributed by atoms with Crippen molar-refractivity contribution in [2.75, 3.05) is 6.61 Å². The molecule has 2 rings (SSSR count). The molecule has 0 aliphatic carbocycles. The smallest absolute Gasteiger partial charge is 0.271 e. The van der Waals surface area contributed by atoms with Gasteiger partial charge in [0.15, 0.2) is 0 Å². The van der Waals surface area contributed by atoms with E-state index in [-0.39, 0.29) is 5.91 Å². The van der Waals surface area contributed by atoms with Crippen molar-refractivity contribution in [1.82, 2.24) is 10.4 Å². The van der Waals surface area contributed by atoms with Crippen LogP contribution in [-0.2, 0) is 0 Å². The van der Waals surface area contributed by atoms with Crippen LogP contribution in [0.4, 0.5) is 0 Å². The van der Waals surface area contributed by atoms with Crippen molar-refractivity contribution < 1.29 is 9.53 Å². The number of nitrogens with one attached hydrogen (secondary N) is 1. The highest BCUT2D eigenvalue weighted by atomic mass is 16.5. The van der Waals surface area contributed by atoms with Crippen LogP contribution in [0.25, 0.3) is 0 Å². The Morgan fingerprint density at radius 2 is 1.81 bits per heavy atom. The van der Waals surface area contributed by atoms with Crippen molar-refractivity contribution in [2.45, 2.75) is 13.8 Å². The van der Waals surface area contributed by atoms with Crippen molar-refractivity contribution in [1.29, 1.82) is 0 Å². The molecule has 5 heteroatoms. The Hall–Kier alpha value is -2.69. The van der Waals surface area contributed by atoms with Gasteiger partial charge in [0.25, 0.3) is 5.91 Å². The molecule has 1 amide bonds. The van der Waals surface area contributed by atoms with E-state index in [2.05, 4.69) is 15.5 Å². The van der Waals surface area contributed by atoms with Gasteiger partial charge in [-0.2, -0.15) is 5.10 Å². The van der Waals surface area contributed by atoms with Crippen LogP contribution < -0.4 is 10.2 Å². The van der Waals surface area contributed by atoms with Gasteiger partial charge in [-0.25, -0.2) is 5.43 Å². The molecular formula is C16H17N3O2. The number of aromatic nitrogens is 1. The van der Waals surface area contributed by atoms with Gasteiger partial charge in [-0.15, -0.1) is 0 Å². The molecule has 21 heavy (non-hydrogen) atoms. The van der Waals surface area contributed by atoms with Crippen LogP contribution in [0.1, 0.15) is 29.8 Å². The summed E-state index contributed by atoms with van der Waals surface area (Å²) in [6.45, 7) is 4.41. The fourth-order valence-electron chi connectivity index (χ4n) is 1.73. The van der Waals surface area contributed by atoms with E-state index in [0.29, 0.717) is 12.2 Å². The van der Waals surface area contributed by atoms with Gasteiger partial charge in [-0.1, -0.05) is 0 Å². The van der Waals surface area contributed by atoms with Gasteiger partial charge in [-0.05, 0) is 55.8 Å². The van der Waals surface area contributed by atoms with E-state index in [9.17, 15) is 4.79 Å². The lowest BCUT2D eigenvalue weighted by Gasteiger charge is -2.05. The molecule has 0 saturated carbocycles. The molecule has 0 radical (unpaired) electrons. The molecule has 0 spiro atoms. The van der Waals surface area contributed by atoms with Crippen molar-refractivity contribution in [3.8, 4) is 5.75 Å². The van der Waals surface area contributed by atoms with Crippen LogP contribution in [-0.4, -0.2) is 23.2 Å². The number of hydrogen-bond donors (Lipinski definition) is 1. The summed E-state index contributed by atoms with van der Waals surface area (Å²) < 4.78 is 5.38. The molecule has 0 unspecified atom stereocenters. The molecule has 1 heterocycles. The van der Waals surface area contributed by atoms with Crippen molar-refractivity contribution in [3.05, 3.63) is 59.9 Å². The Bertz CT molecular complexity index is 622. The van der Waals surface area contributed by atoms with Crippen molar-refractivity contribution in [2.24, 2.45) is 5.10 Å². The Labute approximate surface area is 123 Å². The number of hydrazone groups is 1. The van der Waals surface area contributed by atoms with E-state index in [1.54, 1.807) is 24.5 Å². The second kappa shape index (κ2) is 7.19. The molecule has 5 nitrogen and oxygen atoms in total. The zero-order chi connectivity index (χ0) is 15.1. The van der Waals surface area contributed by atoms with Crippen LogP contribution in [0, 0.1) is 0 Å². The number of nitrogens with zero attached hydrogens (tertiary/aromatic N) is 2. The highest BCUT2D eigenvalue weighted by molar-refractivity contribution is 6.00. The average molecular weight is 283 g/mol. The molecule has 0 aliphatic heterocycles. The minimum atomic E-state index is -0.261. The maximum absolute atomic E-state index is 11.9. The van der Waals surface area contributed by atoms with Gasteiger partial charge in [-0.3, -0.25) is 9.78 Å². The molecule has 2 aromatic rings. The molecule has 0 aliphatic rings. The maximum Gasteiger partial charge on any atom is 0.271 e. The number of pyridine rings is 1. The third-order valence-electron chi connectivity index (χ3n) is 2.85. The van der Waals surface area contributed by atoms with Crippen LogP contribution in [0.5, 0.6) is 5.75 Å². The third kappa shape index (κ3) is 4.14. The lowest BCUT2D eigenvalue weighted by molar-refractivity contribution is 0.0954. The maximum atomic E-state index is 11.9. The minimum Gasteiger partial charge on any atom is -0.494 e. The fourth-order valence-corrected chi connectivity index (χ4v) is 1.73. The first-order valence-electron chi connectivity index (χ1n) is 6.68. The first kappa shape index (κ1) is 14.7. The Morgan fingerprint density at radius 1 is 1.14 bits per heavy atom. The summed E-state index contributed by atoms with van der Waals surface area (Å²) in [5, 5.41) is 4.10. The number of rotatable bonds is 5. The topological polar surface area (TPSA) is 63.6 Å². The quantitative estimate of drug-likeness (QED) is 0.677. The van der Waals surface area contributed by atoms with Gasteiger partial charge in [0.1, 0.15) is 5.75 Å². The fraction of sp³-hybridized carbons (Fsp3) is 0.188. The van der Waals surface area contributed by atoms with Crippen LogP contribution in [0.3, 0.4) is 0 Å². The molecule has 1 aromatic heterocycles. The van der Waals surface area contributed by atoms with Gasteiger partial charge >= 0.3 is 0 Å². The number of carbonyl (C=O) groups excluding carboxylic acids is 1. The number of amides is 1. The lowest BCUT2D eigenvalue weighted by atomic mass is 10.1. The average Bonchev–Trinajstić information content (AvgIpc) is 2.54. The number of ether oxygens (including phenoxy) is 1. The third-order valence-corrected chi connectivity index (χ3v) is 2.85. The number of hydrogen-bond acceptors (Lipinski definition) is 4. The SMILES string of the molecule is CCOc1ccc(/C(C)=N/NC(=O)c2ccncc2)cc1. The van der Waals surface area contributed by atoms with Gasteiger partial charge in [0.2, 0.25) is 0 Å². The van der Waals surface area contributed by atoms with Crippen molar-refractivity contribution in [3.63, 3.8) is 0 Å². The first-order valence-corrected chi connectivity index (χ1v) is 6.68. The molecule has 0 saturated heterocycles. The standard InChI is InChI=1S/C16H17N3O2/c1-3-21-15-6-4-13(5-7-15)12(2)18-19-16(20)14-8-10-17-11-9-14/h4-11H,3H2,1-2H3,(H,19,20)/b18-12+. The summed E-state index contributed by atoms with van der Waals surface area (Å²) >= 11 is 0. The Balaban J connectivity index is 2.02. The predicted molar refractivity (Wildman–Crippen MR) is 81.5 cm³/mol. The summed E-state index contributed by atoms with van der Waals surface area (Å²) in [6, 6.07) is 10.8. The molecule has 108 valence electrons. The van der Waals surface area contributed by atoms with Gasteiger partial charge in [0.05, 0.1) is 12.3 Å². The summed E-state index contributed by atoms with van der Waals surface area (Å²) in [6.07, 6.45) is 3.13. The predicted octanol–water partition coefficient (Wildman–Crippen LogP) is 2.63. The van der Waals surface area contributed by atoms with E-state index in [1.165, 1.54) is 0 Å². The molecule has 0 fully saturated rings. The van der Waals surface area contributed by atoms with Crippen molar-refractivity contribution >= 4 is 11.6 Å². The highest BCUT2D eigenvalue weighted by Gasteiger charge is 2.04. The van der Waals surface area contributed by atoms with Crippen LogP contribution in [0.15, 0.2) is 53.9 Å². The van der Waals surface area contributed by atoms with E-state index in [4.69, 9.17) is 4.74 Å². The Morgan fingerprint density at radius 3 is 2.43 bits per heavy atom. The molecule has 0 bridgehead atoms. The first-order chi connectivity index (χ1) is 10.2. The van der Waals surface area contributed by atoms with Gasteiger partial charge < -0.3 is 4.74 Å². The van der Waals surface area contributed by atoms with Gasteiger partial charge in [0, 0.05) is 18.0 Å². The van der Waals surface area contributed by atoms with Crippen LogP contribution in [0.2, 0.25) is 0 Å². The summed E-state index contributed by atoms with van der Waals surface area (Å²) in [5.41, 5.74) is 4.70. The minimum absolute atomic E-state index is 0.261. The normalized spacial score (nSPS) is 11.0. The van der Waals surface area contributed by atoms with E-state index >= 15 is 0 Å². The van der Waals surface area contributed by atoms with E-state index < -0.39 is 0 Å². The molecule has 0 atom stereocenters. The highest BCUT2D eigenvalue weighted by Crippen LogP contribution is 2.12. The zero-order valence-electron chi connectivity index (χ0n) is 12.0. The lowest BCUT2D eigenvalue weighted by Crippen LogP contribution is -2.19. The monoisotopic (exact) mass is 283 g/mol. The molecule has 1 aromatic carbocycles. The second-order valence-corrected chi connectivity index (χ2v) is 4.33. The van der Waals surface area contributed by atoms with E-state index in [1.807, 2.05) is 38.1 Å². The summed E-state index contributed by atoms with van der Waals surface area (Å²) in [4.78, 5) is 15.7. The van der Waals surface area contributed by atoms with Crippen LogP contribution >= 0.6 is 0 Å². The largest absolute Gasteiger partial charge is 0.494 e. The molecule has 1 N–H and O–H groups in total. The Kier molecular flexibility index (Phi) is 5.04. The summed E-state index contributed by atoms with van der Waals surface area (Å²) in [5.74, 6) is 0.553. The summed E-state index contributed by atoms with van der Waals surface area (Å²) in [7, 11) is 0. The second-order valence-electron chi connectivity index (χ2n) is 4.33. The number of carbonyl (C=O) groups is 1. The zero-order valence-corrected chi connectivity index (χ0v) is 12.0. The number of benzene rings is 1. The molecular weight excluding hydrogens is 266 g/mol.